The van der Waals surface area contributed by atoms with E-state index in [-0.39, 0.29) is 0 Å². The van der Waals surface area contributed by atoms with Crippen LogP contribution >= 0.6 is 0 Å². The van der Waals surface area contributed by atoms with Crippen LogP contribution in [-0.4, -0.2) is 78.4 Å². The smallest absolute Gasteiger partial charge is 0.216 e. The second-order valence-electron chi connectivity index (χ2n) is 7.44. The molecule has 2 N–H and O–H groups in total. The Morgan fingerprint density at radius 1 is 1.16 bits per heavy atom. The fourth-order valence-corrected chi connectivity index (χ4v) is 3.74. The summed E-state index contributed by atoms with van der Waals surface area (Å²) in [6, 6.07) is 9.73. The highest BCUT2D eigenvalue weighted by Gasteiger charge is 2.20. The molecule has 0 spiro atoms. The first-order valence-electron chi connectivity index (χ1n) is 10.5. The highest BCUT2D eigenvalue weighted by Crippen LogP contribution is 2.28. The number of rotatable bonds is 7. The number of piperazine rings is 1. The lowest BCUT2D eigenvalue weighted by molar-refractivity contribution is 0.172. The van der Waals surface area contributed by atoms with Gasteiger partial charge in [0.05, 0.1) is 27.0 Å². The fraction of sp³-hybridized carbons (Fsp3) is 0.409. The minimum atomic E-state index is 0.506. The summed E-state index contributed by atoms with van der Waals surface area (Å²) in [6.07, 6.45) is 1.61. The number of nitrogens with zero attached hydrogens (tertiary/aromatic N) is 5. The number of furan rings is 1. The van der Waals surface area contributed by atoms with E-state index in [0.29, 0.717) is 18.1 Å². The first kappa shape index (κ1) is 21.7. The molecule has 32 heavy (non-hydrogen) atoms. The van der Waals surface area contributed by atoms with E-state index in [1.54, 1.807) is 27.5 Å². The lowest BCUT2D eigenvalue weighted by atomic mass is 10.1. The van der Waals surface area contributed by atoms with Crippen molar-refractivity contribution in [3.8, 4) is 23.1 Å². The van der Waals surface area contributed by atoms with Gasteiger partial charge >= 0.3 is 0 Å². The Balaban J connectivity index is 1.27. The van der Waals surface area contributed by atoms with Crippen molar-refractivity contribution in [2.24, 2.45) is 4.99 Å². The number of nitrogens with one attached hydrogen (secondary N) is 2. The summed E-state index contributed by atoms with van der Waals surface area (Å²) >= 11 is 0. The van der Waals surface area contributed by atoms with E-state index in [1.807, 2.05) is 24.3 Å². The summed E-state index contributed by atoms with van der Waals surface area (Å²) in [6.45, 7) is 5.04. The maximum atomic E-state index is 5.42. The van der Waals surface area contributed by atoms with Crippen LogP contribution in [0.4, 0.5) is 0 Å². The standard InChI is InChI=1S/C22H29N7O3/c1-23-22(24-14-20-25-21(27-26-20)18-5-4-12-32-18)29-10-8-28(9-11-29)15-16-6-7-17(30-2)19(13-16)31-3/h4-7,12-13H,8-11,14-15H2,1-3H3,(H,23,24)(H,25,26,27). The Hall–Kier alpha value is -3.53. The van der Waals surface area contributed by atoms with Gasteiger partial charge in [-0.25, -0.2) is 4.98 Å². The molecule has 1 aromatic carbocycles. The number of aliphatic imine (C=N–C) groups is 1. The summed E-state index contributed by atoms with van der Waals surface area (Å²) in [5.74, 6) is 4.28. The maximum absolute atomic E-state index is 5.42. The molecule has 170 valence electrons. The van der Waals surface area contributed by atoms with Gasteiger partial charge in [0, 0.05) is 39.8 Å². The summed E-state index contributed by atoms with van der Waals surface area (Å²) in [5, 5.41) is 10.5. The lowest BCUT2D eigenvalue weighted by Crippen LogP contribution is -2.52. The Morgan fingerprint density at radius 3 is 2.66 bits per heavy atom. The molecule has 4 rings (SSSR count). The Kier molecular flexibility index (Phi) is 6.90. The van der Waals surface area contributed by atoms with Crippen LogP contribution in [0.25, 0.3) is 11.6 Å². The van der Waals surface area contributed by atoms with Gasteiger partial charge in [-0.05, 0) is 29.8 Å². The molecule has 3 heterocycles. The predicted molar refractivity (Wildman–Crippen MR) is 121 cm³/mol. The van der Waals surface area contributed by atoms with Gasteiger partial charge < -0.3 is 24.1 Å². The van der Waals surface area contributed by atoms with Crippen LogP contribution in [-0.2, 0) is 13.1 Å². The van der Waals surface area contributed by atoms with Crippen molar-refractivity contribution in [2.45, 2.75) is 13.1 Å². The number of aromatic amines is 1. The average molecular weight is 440 g/mol. The molecule has 0 radical (unpaired) electrons. The van der Waals surface area contributed by atoms with Crippen molar-refractivity contribution >= 4 is 5.96 Å². The molecule has 3 aromatic rings. The van der Waals surface area contributed by atoms with Crippen LogP contribution in [0, 0.1) is 0 Å². The molecule has 0 bridgehead atoms. The number of hydrogen-bond acceptors (Lipinski definition) is 7. The van der Waals surface area contributed by atoms with Crippen molar-refractivity contribution < 1.29 is 13.9 Å². The van der Waals surface area contributed by atoms with E-state index in [9.17, 15) is 0 Å². The van der Waals surface area contributed by atoms with Crippen molar-refractivity contribution in [1.29, 1.82) is 0 Å². The SMILES string of the molecule is CN=C(NCc1nc(-c2ccco2)n[nH]1)N1CCN(Cc2ccc(OC)c(OC)c2)CC1. The molecule has 1 aliphatic heterocycles. The second-order valence-corrected chi connectivity index (χ2v) is 7.44. The molecular weight excluding hydrogens is 410 g/mol. The van der Waals surface area contributed by atoms with E-state index in [4.69, 9.17) is 13.9 Å². The highest BCUT2D eigenvalue weighted by atomic mass is 16.5. The average Bonchev–Trinajstić information content (AvgIpc) is 3.52. The van der Waals surface area contributed by atoms with Crippen LogP contribution in [0.15, 0.2) is 46.0 Å². The molecule has 0 amide bonds. The third-order valence-electron chi connectivity index (χ3n) is 5.42. The quantitative estimate of drug-likeness (QED) is 0.425. The molecule has 0 unspecified atom stereocenters. The van der Waals surface area contributed by atoms with Gasteiger partial charge in [-0.2, -0.15) is 0 Å². The number of ether oxygens (including phenoxy) is 2. The molecule has 0 saturated carbocycles. The normalized spacial score (nSPS) is 15.1. The zero-order valence-electron chi connectivity index (χ0n) is 18.7. The third-order valence-corrected chi connectivity index (χ3v) is 5.42. The molecule has 1 saturated heterocycles. The summed E-state index contributed by atoms with van der Waals surface area (Å²) < 4.78 is 16.1. The predicted octanol–water partition coefficient (Wildman–Crippen LogP) is 1.98. The first-order valence-corrected chi connectivity index (χ1v) is 10.5. The van der Waals surface area contributed by atoms with Crippen molar-refractivity contribution in [1.82, 2.24) is 30.3 Å². The minimum absolute atomic E-state index is 0.506. The number of aromatic nitrogens is 3. The van der Waals surface area contributed by atoms with E-state index < -0.39 is 0 Å². The van der Waals surface area contributed by atoms with Crippen LogP contribution in [0.2, 0.25) is 0 Å². The van der Waals surface area contributed by atoms with Gasteiger partial charge in [-0.15, -0.1) is 5.10 Å². The molecule has 10 nitrogen and oxygen atoms in total. The monoisotopic (exact) mass is 439 g/mol. The largest absolute Gasteiger partial charge is 0.493 e. The second kappa shape index (κ2) is 10.2. The Bertz CT molecular complexity index is 1020. The van der Waals surface area contributed by atoms with Crippen molar-refractivity contribution in [3.63, 3.8) is 0 Å². The Labute approximate surface area is 187 Å². The molecule has 0 aliphatic carbocycles. The minimum Gasteiger partial charge on any atom is -0.493 e. The topological polar surface area (TPSA) is 104 Å². The molecule has 1 fully saturated rings. The number of H-pyrrole nitrogens is 1. The number of methoxy groups -OCH3 is 2. The zero-order chi connectivity index (χ0) is 22.3. The van der Waals surface area contributed by atoms with Gasteiger partial charge in [0.2, 0.25) is 5.82 Å². The summed E-state index contributed by atoms with van der Waals surface area (Å²) in [5.41, 5.74) is 1.20. The summed E-state index contributed by atoms with van der Waals surface area (Å²) in [7, 11) is 5.11. The lowest BCUT2D eigenvalue weighted by Gasteiger charge is -2.36. The van der Waals surface area contributed by atoms with Gasteiger partial charge in [0.25, 0.3) is 0 Å². The van der Waals surface area contributed by atoms with Crippen LogP contribution in [0.1, 0.15) is 11.4 Å². The fourth-order valence-electron chi connectivity index (χ4n) is 3.74. The van der Waals surface area contributed by atoms with Crippen LogP contribution < -0.4 is 14.8 Å². The van der Waals surface area contributed by atoms with E-state index in [0.717, 1.165) is 56.0 Å². The summed E-state index contributed by atoms with van der Waals surface area (Å²) in [4.78, 5) is 13.6. The van der Waals surface area contributed by atoms with E-state index in [2.05, 4.69) is 41.4 Å². The first-order chi connectivity index (χ1) is 15.7. The number of benzene rings is 1. The van der Waals surface area contributed by atoms with Gasteiger partial charge in [0.15, 0.2) is 23.2 Å². The van der Waals surface area contributed by atoms with Gasteiger partial charge in [-0.3, -0.25) is 15.0 Å². The molecule has 1 aliphatic rings. The van der Waals surface area contributed by atoms with Crippen LogP contribution in [0.3, 0.4) is 0 Å². The van der Waals surface area contributed by atoms with Gasteiger partial charge in [0.1, 0.15) is 5.82 Å². The van der Waals surface area contributed by atoms with E-state index in [1.165, 1.54) is 5.56 Å². The van der Waals surface area contributed by atoms with Crippen molar-refractivity contribution in [2.75, 3.05) is 47.4 Å². The maximum Gasteiger partial charge on any atom is 0.216 e. The zero-order valence-corrected chi connectivity index (χ0v) is 18.7. The highest BCUT2D eigenvalue weighted by molar-refractivity contribution is 5.79. The van der Waals surface area contributed by atoms with Crippen LogP contribution in [0.5, 0.6) is 11.5 Å². The molecule has 2 aromatic heterocycles. The third kappa shape index (κ3) is 5.02. The molecular formula is C22H29N7O3. The number of guanidine groups is 1. The molecule has 10 heteroatoms. The number of hydrogen-bond donors (Lipinski definition) is 2. The van der Waals surface area contributed by atoms with E-state index >= 15 is 0 Å². The Morgan fingerprint density at radius 2 is 1.97 bits per heavy atom. The van der Waals surface area contributed by atoms with Gasteiger partial charge in [-0.1, -0.05) is 6.07 Å². The van der Waals surface area contributed by atoms with Crippen molar-refractivity contribution in [3.05, 3.63) is 48.0 Å². The molecule has 0 atom stereocenters.